The molecule has 0 heterocycles. The first kappa shape index (κ1) is 12.2. The van der Waals surface area contributed by atoms with Gasteiger partial charge in [-0.15, -0.1) is 0 Å². The van der Waals surface area contributed by atoms with Gasteiger partial charge in [-0.05, 0) is 37.0 Å². The van der Waals surface area contributed by atoms with Crippen LogP contribution in [0.25, 0.3) is 0 Å². The monoisotopic (exact) mass is 235 g/mol. The van der Waals surface area contributed by atoms with Gasteiger partial charge < -0.3 is 15.2 Å². The lowest BCUT2D eigenvalue weighted by atomic mass is 10.0. The molecule has 2 rings (SSSR count). The van der Waals surface area contributed by atoms with Gasteiger partial charge in [0, 0.05) is 6.04 Å². The molecule has 0 spiro atoms. The van der Waals surface area contributed by atoms with Crippen molar-refractivity contribution in [2.24, 2.45) is 11.7 Å². The highest BCUT2D eigenvalue weighted by Gasteiger charge is 2.24. The number of ether oxygens (including phenoxy) is 2. The molecule has 0 aromatic heterocycles. The summed E-state index contributed by atoms with van der Waals surface area (Å²) in [7, 11) is 1.66. The molecule has 1 fully saturated rings. The number of methoxy groups -OCH3 is 1. The second-order valence-corrected chi connectivity index (χ2v) is 4.63. The Bertz CT molecular complexity index is 374. The highest BCUT2D eigenvalue weighted by atomic mass is 16.5. The molecular weight excluding hydrogens is 214 g/mol. The van der Waals surface area contributed by atoms with E-state index >= 15 is 0 Å². The molecule has 1 aromatic rings. The molecule has 2 N–H and O–H groups in total. The van der Waals surface area contributed by atoms with E-state index in [1.54, 1.807) is 7.11 Å². The molecule has 3 nitrogen and oxygen atoms in total. The summed E-state index contributed by atoms with van der Waals surface area (Å²) >= 11 is 0. The van der Waals surface area contributed by atoms with Gasteiger partial charge >= 0.3 is 0 Å². The first-order chi connectivity index (χ1) is 8.24. The normalized spacial score (nSPS) is 16.6. The van der Waals surface area contributed by atoms with Gasteiger partial charge in [-0.2, -0.15) is 0 Å². The summed E-state index contributed by atoms with van der Waals surface area (Å²) in [4.78, 5) is 0. The van der Waals surface area contributed by atoms with Crippen molar-refractivity contribution < 1.29 is 9.47 Å². The number of hydrogen-bond donors (Lipinski definition) is 1. The zero-order valence-electron chi connectivity index (χ0n) is 10.6. The SMILES string of the molecule is CCOc1ccc([C@H](N)CC2CC2)cc1OC. The van der Waals surface area contributed by atoms with Crippen LogP contribution in [0.3, 0.4) is 0 Å². The molecule has 17 heavy (non-hydrogen) atoms. The maximum Gasteiger partial charge on any atom is 0.161 e. The number of rotatable bonds is 6. The molecule has 1 aromatic carbocycles. The molecule has 1 aliphatic carbocycles. The van der Waals surface area contributed by atoms with Gasteiger partial charge in [0.05, 0.1) is 13.7 Å². The fourth-order valence-electron chi connectivity index (χ4n) is 2.04. The van der Waals surface area contributed by atoms with Crippen molar-refractivity contribution in [1.82, 2.24) is 0 Å². The lowest BCUT2D eigenvalue weighted by Crippen LogP contribution is -2.11. The summed E-state index contributed by atoms with van der Waals surface area (Å²) in [6, 6.07) is 6.11. The quantitative estimate of drug-likeness (QED) is 0.824. The summed E-state index contributed by atoms with van der Waals surface area (Å²) in [5.74, 6) is 2.40. The van der Waals surface area contributed by atoms with Crippen LogP contribution in [0.4, 0.5) is 0 Å². The molecule has 3 heteroatoms. The molecule has 0 amide bonds. The standard InChI is InChI=1S/C14H21NO2/c1-3-17-13-7-6-11(9-14(13)16-2)12(15)8-10-4-5-10/h6-7,9-10,12H,3-5,8,15H2,1-2H3/t12-/m1/s1. The van der Waals surface area contributed by atoms with Crippen molar-refractivity contribution in [3.8, 4) is 11.5 Å². The fourth-order valence-corrected chi connectivity index (χ4v) is 2.04. The van der Waals surface area contributed by atoms with Crippen LogP contribution in [0.5, 0.6) is 11.5 Å². The van der Waals surface area contributed by atoms with Gasteiger partial charge in [0.15, 0.2) is 11.5 Å². The predicted molar refractivity (Wildman–Crippen MR) is 68.4 cm³/mol. The summed E-state index contributed by atoms with van der Waals surface area (Å²) in [6.07, 6.45) is 3.75. The van der Waals surface area contributed by atoms with E-state index in [0.717, 1.165) is 29.4 Å². The Morgan fingerprint density at radius 1 is 1.35 bits per heavy atom. The average Bonchev–Trinajstić information content (AvgIpc) is 3.13. The fraction of sp³-hybridized carbons (Fsp3) is 0.571. The maximum absolute atomic E-state index is 6.19. The zero-order chi connectivity index (χ0) is 12.3. The van der Waals surface area contributed by atoms with Crippen LogP contribution in [0.15, 0.2) is 18.2 Å². The molecule has 0 unspecified atom stereocenters. The third kappa shape index (κ3) is 3.13. The third-order valence-corrected chi connectivity index (χ3v) is 3.20. The minimum atomic E-state index is 0.118. The van der Waals surface area contributed by atoms with Crippen molar-refractivity contribution in [2.45, 2.75) is 32.2 Å². The Morgan fingerprint density at radius 2 is 2.12 bits per heavy atom. The Hall–Kier alpha value is -1.22. The van der Waals surface area contributed by atoms with Crippen LogP contribution in [0, 0.1) is 5.92 Å². The first-order valence-electron chi connectivity index (χ1n) is 6.31. The van der Waals surface area contributed by atoms with Crippen LogP contribution in [-0.4, -0.2) is 13.7 Å². The zero-order valence-corrected chi connectivity index (χ0v) is 10.6. The van der Waals surface area contributed by atoms with Crippen molar-refractivity contribution in [1.29, 1.82) is 0 Å². The Labute approximate surface area is 103 Å². The van der Waals surface area contributed by atoms with E-state index in [1.807, 2.05) is 25.1 Å². The van der Waals surface area contributed by atoms with Crippen LogP contribution < -0.4 is 15.2 Å². The van der Waals surface area contributed by atoms with E-state index in [4.69, 9.17) is 15.2 Å². The number of benzene rings is 1. The molecule has 0 bridgehead atoms. The molecule has 0 aliphatic heterocycles. The van der Waals surface area contributed by atoms with E-state index in [0.29, 0.717) is 6.61 Å². The van der Waals surface area contributed by atoms with Gasteiger partial charge in [-0.3, -0.25) is 0 Å². The van der Waals surface area contributed by atoms with Crippen LogP contribution in [-0.2, 0) is 0 Å². The van der Waals surface area contributed by atoms with E-state index < -0.39 is 0 Å². The van der Waals surface area contributed by atoms with E-state index in [1.165, 1.54) is 12.8 Å². The van der Waals surface area contributed by atoms with Crippen molar-refractivity contribution in [3.05, 3.63) is 23.8 Å². The van der Waals surface area contributed by atoms with E-state index in [-0.39, 0.29) is 6.04 Å². The van der Waals surface area contributed by atoms with Gasteiger partial charge in [-0.25, -0.2) is 0 Å². The van der Waals surface area contributed by atoms with Crippen molar-refractivity contribution in [2.75, 3.05) is 13.7 Å². The van der Waals surface area contributed by atoms with Crippen LogP contribution in [0.2, 0.25) is 0 Å². The molecule has 94 valence electrons. The maximum atomic E-state index is 6.19. The van der Waals surface area contributed by atoms with Gasteiger partial charge in [0.1, 0.15) is 0 Å². The third-order valence-electron chi connectivity index (χ3n) is 3.20. The van der Waals surface area contributed by atoms with Crippen LogP contribution >= 0.6 is 0 Å². The minimum Gasteiger partial charge on any atom is -0.493 e. The highest BCUT2D eigenvalue weighted by Crippen LogP contribution is 2.38. The first-order valence-corrected chi connectivity index (χ1v) is 6.31. The molecule has 1 aliphatic rings. The van der Waals surface area contributed by atoms with Crippen molar-refractivity contribution in [3.63, 3.8) is 0 Å². The minimum absolute atomic E-state index is 0.118. The van der Waals surface area contributed by atoms with Crippen molar-refractivity contribution >= 4 is 0 Å². The Balaban J connectivity index is 2.11. The van der Waals surface area contributed by atoms with Gasteiger partial charge in [0.25, 0.3) is 0 Å². The smallest absolute Gasteiger partial charge is 0.161 e. The largest absolute Gasteiger partial charge is 0.493 e. The lowest BCUT2D eigenvalue weighted by molar-refractivity contribution is 0.310. The van der Waals surface area contributed by atoms with Gasteiger partial charge in [-0.1, -0.05) is 18.9 Å². The number of nitrogens with two attached hydrogens (primary N) is 1. The van der Waals surface area contributed by atoms with Crippen LogP contribution in [0.1, 0.15) is 37.8 Å². The topological polar surface area (TPSA) is 44.5 Å². The molecule has 0 radical (unpaired) electrons. The molecule has 0 saturated heterocycles. The Kier molecular flexibility index (Phi) is 3.89. The summed E-state index contributed by atoms with van der Waals surface area (Å²) in [5, 5.41) is 0. The second kappa shape index (κ2) is 5.41. The highest BCUT2D eigenvalue weighted by molar-refractivity contribution is 5.43. The molecule has 1 saturated carbocycles. The lowest BCUT2D eigenvalue weighted by Gasteiger charge is -2.15. The van der Waals surface area contributed by atoms with Gasteiger partial charge in [0.2, 0.25) is 0 Å². The second-order valence-electron chi connectivity index (χ2n) is 4.63. The number of hydrogen-bond acceptors (Lipinski definition) is 3. The molecule has 1 atom stereocenters. The molecular formula is C14H21NO2. The summed E-state index contributed by atoms with van der Waals surface area (Å²) in [5.41, 5.74) is 7.32. The van der Waals surface area contributed by atoms with E-state index in [2.05, 4.69) is 0 Å². The Morgan fingerprint density at radius 3 is 2.71 bits per heavy atom. The summed E-state index contributed by atoms with van der Waals surface area (Å²) < 4.78 is 10.8. The average molecular weight is 235 g/mol. The summed E-state index contributed by atoms with van der Waals surface area (Å²) in [6.45, 7) is 2.61. The predicted octanol–water partition coefficient (Wildman–Crippen LogP) is 2.89. The van der Waals surface area contributed by atoms with E-state index in [9.17, 15) is 0 Å².